The molecule has 0 aromatic heterocycles. The van der Waals surface area contributed by atoms with Crippen LogP contribution in [0.5, 0.6) is 0 Å². The summed E-state index contributed by atoms with van der Waals surface area (Å²) in [6.07, 6.45) is 0. The van der Waals surface area contributed by atoms with Crippen LogP contribution in [0.3, 0.4) is 0 Å². The Balaban J connectivity index is 2.36. The largest absolute Gasteiger partial charge is 0.545 e. The van der Waals surface area contributed by atoms with Crippen LogP contribution in [0, 0.1) is 0 Å². The zero-order chi connectivity index (χ0) is 17.9. The molecular formula is C17H11NO6-2. The van der Waals surface area contributed by atoms with Crippen LogP contribution in [-0.2, 0) is 4.79 Å². The van der Waals surface area contributed by atoms with Crippen LogP contribution in [0.1, 0.15) is 43.6 Å². The second-order valence-corrected chi connectivity index (χ2v) is 4.92. The van der Waals surface area contributed by atoms with Crippen LogP contribution in [-0.4, -0.2) is 23.6 Å². The maximum atomic E-state index is 12.4. The first-order valence-electron chi connectivity index (χ1n) is 6.78. The fraction of sp³-hybridized carbons (Fsp3) is 0.0588. The van der Waals surface area contributed by atoms with Gasteiger partial charge in [-0.25, -0.2) is 0 Å². The monoisotopic (exact) mass is 325 g/mol. The molecule has 0 saturated carbocycles. The summed E-state index contributed by atoms with van der Waals surface area (Å²) in [5.74, 6) is -4.15. The van der Waals surface area contributed by atoms with E-state index >= 15 is 0 Å². The SMILES string of the molecule is CC(=O)Nc1ccc(C(=O)c2ccc(C(=O)[O-])c(C(=O)[O-])c2)cc1. The van der Waals surface area contributed by atoms with Gasteiger partial charge in [0.2, 0.25) is 5.91 Å². The second kappa shape index (κ2) is 6.74. The number of anilines is 1. The number of hydrogen-bond acceptors (Lipinski definition) is 6. The summed E-state index contributed by atoms with van der Waals surface area (Å²) in [7, 11) is 0. The van der Waals surface area contributed by atoms with E-state index in [1.54, 1.807) is 0 Å². The molecular weight excluding hydrogens is 314 g/mol. The van der Waals surface area contributed by atoms with Crippen LogP contribution in [0.2, 0.25) is 0 Å². The standard InChI is InChI=1S/C17H13NO6/c1-9(19)18-12-5-2-10(3-6-12)15(20)11-4-7-13(16(21)22)14(8-11)17(23)24/h2-8H,1H3,(H,18,19)(H,21,22)(H,23,24)/p-2. The second-order valence-electron chi connectivity index (χ2n) is 4.92. The van der Waals surface area contributed by atoms with Gasteiger partial charge in [0.05, 0.1) is 11.9 Å². The number of aromatic carboxylic acids is 2. The highest BCUT2D eigenvalue weighted by molar-refractivity contribution is 6.11. The molecule has 0 aliphatic carbocycles. The van der Waals surface area contributed by atoms with Gasteiger partial charge in [-0.15, -0.1) is 0 Å². The number of rotatable bonds is 5. The van der Waals surface area contributed by atoms with Gasteiger partial charge in [-0.05, 0) is 30.3 Å². The first kappa shape index (κ1) is 16.9. The van der Waals surface area contributed by atoms with Crippen LogP contribution < -0.4 is 15.5 Å². The van der Waals surface area contributed by atoms with E-state index < -0.39 is 28.8 Å². The number of ketones is 1. The molecule has 1 N–H and O–H groups in total. The summed E-state index contributed by atoms with van der Waals surface area (Å²) in [6, 6.07) is 9.07. The van der Waals surface area contributed by atoms with E-state index in [4.69, 9.17) is 0 Å². The minimum Gasteiger partial charge on any atom is -0.545 e. The molecule has 0 fully saturated rings. The van der Waals surface area contributed by atoms with Crippen molar-refractivity contribution in [3.8, 4) is 0 Å². The van der Waals surface area contributed by atoms with Gasteiger partial charge < -0.3 is 25.1 Å². The highest BCUT2D eigenvalue weighted by Crippen LogP contribution is 2.17. The molecule has 1 amide bonds. The number of carboxylic acid groups (broad SMARTS) is 2. The lowest BCUT2D eigenvalue weighted by Crippen LogP contribution is -2.30. The molecule has 0 aliphatic rings. The van der Waals surface area contributed by atoms with Crippen LogP contribution in [0.15, 0.2) is 42.5 Å². The van der Waals surface area contributed by atoms with Gasteiger partial charge >= 0.3 is 0 Å². The normalized spacial score (nSPS) is 10.0. The molecule has 0 bridgehead atoms. The van der Waals surface area contributed by atoms with Gasteiger partial charge in [0.1, 0.15) is 0 Å². The average molecular weight is 325 g/mol. The molecule has 2 aromatic rings. The summed E-state index contributed by atoms with van der Waals surface area (Å²) in [5.41, 5.74) is -0.453. The lowest BCUT2D eigenvalue weighted by Gasteiger charge is -2.13. The zero-order valence-corrected chi connectivity index (χ0v) is 12.5. The van der Waals surface area contributed by atoms with Gasteiger partial charge in [0, 0.05) is 34.9 Å². The van der Waals surface area contributed by atoms with Crippen molar-refractivity contribution in [2.75, 3.05) is 5.32 Å². The predicted octanol–water partition coefficient (Wildman–Crippen LogP) is -0.397. The number of hydrogen-bond donors (Lipinski definition) is 1. The van der Waals surface area contributed by atoms with Crippen LogP contribution >= 0.6 is 0 Å². The number of nitrogens with one attached hydrogen (secondary N) is 1. The van der Waals surface area contributed by atoms with Gasteiger partial charge in [-0.3, -0.25) is 9.59 Å². The number of carboxylic acids is 2. The van der Waals surface area contributed by atoms with E-state index in [2.05, 4.69) is 5.32 Å². The third-order valence-corrected chi connectivity index (χ3v) is 3.19. The molecule has 0 spiro atoms. The number of benzene rings is 2. The smallest absolute Gasteiger partial charge is 0.221 e. The molecule has 0 heterocycles. The summed E-state index contributed by atoms with van der Waals surface area (Å²) in [5, 5.41) is 24.5. The van der Waals surface area contributed by atoms with Gasteiger partial charge in [0.15, 0.2) is 5.78 Å². The first-order chi connectivity index (χ1) is 11.3. The van der Waals surface area contributed by atoms with E-state index in [-0.39, 0.29) is 17.0 Å². The third-order valence-electron chi connectivity index (χ3n) is 3.19. The van der Waals surface area contributed by atoms with E-state index in [0.717, 1.165) is 12.1 Å². The molecule has 7 heteroatoms. The average Bonchev–Trinajstić information content (AvgIpc) is 2.53. The summed E-state index contributed by atoms with van der Waals surface area (Å²) in [4.78, 5) is 45.2. The van der Waals surface area contributed by atoms with Crippen molar-refractivity contribution in [1.82, 2.24) is 0 Å². The van der Waals surface area contributed by atoms with Crippen molar-refractivity contribution < 1.29 is 29.4 Å². The maximum absolute atomic E-state index is 12.4. The van der Waals surface area contributed by atoms with Crippen molar-refractivity contribution in [1.29, 1.82) is 0 Å². The molecule has 2 aromatic carbocycles. The van der Waals surface area contributed by atoms with Crippen LogP contribution in [0.4, 0.5) is 5.69 Å². The minimum atomic E-state index is -1.72. The van der Waals surface area contributed by atoms with E-state index in [9.17, 15) is 29.4 Å². The predicted molar refractivity (Wildman–Crippen MR) is 79.3 cm³/mol. The third kappa shape index (κ3) is 3.64. The summed E-state index contributed by atoms with van der Waals surface area (Å²) in [6.45, 7) is 1.35. The van der Waals surface area contributed by atoms with E-state index in [0.29, 0.717) is 5.69 Å². The molecule has 0 saturated heterocycles. The number of carbonyl (C=O) groups excluding carboxylic acids is 4. The quantitative estimate of drug-likeness (QED) is 0.746. The van der Waals surface area contributed by atoms with Crippen molar-refractivity contribution in [2.24, 2.45) is 0 Å². The lowest BCUT2D eigenvalue weighted by atomic mass is 9.98. The van der Waals surface area contributed by atoms with Gasteiger partial charge in [0.25, 0.3) is 0 Å². The van der Waals surface area contributed by atoms with Gasteiger partial charge in [-0.2, -0.15) is 0 Å². The topological polar surface area (TPSA) is 126 Å². The molecule has 0 unspecified atom stereocenters. The lowest BCUT2D eigenvalue weighted by molar-refractivity contribution is -0.259. The van der Waals surface area contributed by atoms with E-state index in [1.807, 2.05) is 0 Å². The molecule has 7 nitrogen and oxygen atoms in total. The van der Waals surface area contributed by atoms with Crippen LogP contribution in [0.25, 0.3) is 0 Å². The van der Waals surface area contributed by atoms with Crippen molar-refractivity contribution in [2.45, 2.75) is 6.92 Å². The highest BCUT2D eigenvalue weighted by Gasteiger charge is 2.13. The molecule has 2 rings (SSSR count). The molecule has 24 heavy (non-hydrogen) atoms. The number of amides is 1. The molecule has 0 aliphatic heterocycles. The zero-order valence-electron chi connectivity index (χ0n) is 12.5. The Kier molecular flexibility index (Phi) is 4.74. The maximum Gasteiger partial charge on any atom is 0.221 e. The minimum absolute atomic E-state index is 0.00789. The molecule has 0 atom stereocenters. The fourth-order valence-electron chi connectivity index (χ4n) is 2.11. The Bertz CT molecular complexity index is 839. The van der Waals surface area contributed by atoms with Crippen molar-refractivity contribution >= 4 is 29.3 Å². The molecule has 0 radical (unpaired) electrons. The van der Waals surface area contributed by atoms with Gasteiger partial charge in [-0.1, -0.05) is 12.1 Å². The van der Waals surface area contributed by atoms with Crippen molar-refractivity contribution in [3.63, 3.8) is 0 Å². The number of carbonyl (C=O) groups is 4. The Labute approximate surface area is 136 Å². The Morgan fingerprint density at radius 1 is 0.792 bits per heavy atom. The highest BCUT2D eigenvalue weighted by atomic mass is 16.4. The fourth-order valence-corrected chi connectivity index (χ4v) is 2.11. The Morgan fingerprint density at radius 2 is 1.33 bits per heavy atom. The Morgan fingerprint density at radius 3 is 1.83 bits per heavy atom. The molecule has 122 valence electrons. The first-order valence-corrected chi connectivity index (χ1v) is 6.78. The van der Waals surface area contributed by atoms with E-state index in [1.165, 1.54) is 37.3 Å². The summed E-state index contributed by atoms with van der Waals surface area (Å²) >= 11 is 0. The summed E-state index contributed by atoms with van der Waals surface area (Å²) < 4.78 is 0. The van der Waals surface area contributed by atoms with Crippen molar-refractivity contribution in [3.05, 3.63) is 64.7 Å². The Hall–Kier alpha value is -3.48.